The van der Waals surface area contributed by atoms with E-state index in [1.165, 1.54) is 4.31 Å². The van der Waals surface area contributed by atoms with Gasteiger partial charge in [0, 0.05) is 19.5 Å². The summed E-state index contributed by atoms with van der Waals surface area (Å²) < 4.78 is 25.7. The first-order chi connectivity index (χ1) is 10.6. The molecule has 5 nitrogen and oxygen atoms in total. The number of nitrogens with one attached hydrogen (secondary N) is 1. The zero-order chi connectivity index (χ0) is 17.7. The molecule has 0 aromatic heterocycles. The molecular formula is C17H26N2O3S. The van der Waals surface area contributed by atoms with E-state index in [9.17, 15) is 13.2 Å². The summed E-state index contributed by atoms with van der Waals surface area (Å²) in [6.45, 7) is 10.1. The van der Waals surface area contributed by atoms with Gasteiger partial charge in [-0.2, -0.15) is 0 Å². The van der Waals surface area contributed by atoms with Crippen LogP contribution in [0.1, 0.15) is 32.8 Å². The minimum atomic E-state index is -3.48. The highest BCUT2D eigenvalue weighted by atomic mass is 32.2. The quantitative estimate of drug-likeness (QED) is 0.777. The monoisotopic (exact) mass is 338 g/mol. The normalized spacial score (nSPS) is 11.8. The lowest BCUT2D eigenvalue weighted by Gasteiger charge is -2.29. The molecule has 1 rings (SSSR count). The molecule has 0 aliphatic rings. The molecule has 0 radical (unpaired) electrons. The van der Waals surface area contributed by atoms with Crippen LogP contribution in [-0.4, -0.2) is 33.7 Å². The first-order valence-electron chi connectivity index (χ1n) is 7.52. The number of carbonyl (C=O) groups is 1. The largest absolute Gasteiger partial charge is 0.353 e. The molecule has 0 spiro atoms. The van der Waals surface area contributed by atoms with Crippen molar-refractivity contribution in [1.82, 2.24) is 5.32 Å². The van der Waals surface area contributed by atoms with Crippen LogP contribution in [0, 0.1) is 0 Å². The van der Waals surface area contributed by atoms with Crippen molar-refractivity contribution in [2.24, 2.45) is 0 Å². The second-order valence-corrected chi connectivity index (χ2v) is 8.35. The highest BCUT2D eigenvalue weighted by Crippen LogP contribution is 2.33. The van der Waals surface area contributed by atoms with Gasteiger partial charge in [0.25, 0.3) is 0 Å². The third kappa shape index (κ3) is 5.71. The van der Waals surface area contributed by atoms with E-state index in [4.69, 9.17) is 0 Å². The van der Waals surface area contributed by atoms with Gasteiger partial charge in [0.05, 0.1) is 11.9 Å². The predicted molar refractivity (Wildman–Crippen MR) is 95.2 cm³/mol. The van der Waals surface area contributed by atoms with Crippen LogP contribution in [0.4, 0.5) is 5.69 Å². The molecule has 0 bridgehead atoms. The lowest BCUT2D eigenvalue weighted by molar-refractivity contribution is -0.120. The number of para-hydroxylation sites is 1. The Morgan fingerprint density at radius 1 is 1.30 bits per heavy atom. The summed E-state index contributed by atoms with van der Waals surface area (Å²) in [6.07, 6.45) is 2.84. The molecule has 0 unspecified atom stereocenters. The van der Waals surface area contributed by atoms with Gasteiger partial charge in [-0.25, -0.2) is 8.42 Å². The third-order valence-corrected chi connectivity index (χ3v) is 4.55. The van der Waals surface area contributed by atoms with Crippen molar-refractivity contribution in [2.75, 3.05) is 23.7 Å². The Morgan fingerprint density at radius 3 is 2.43 bits per heavy atom. The van der Waals surface area contributed by atoms with Gasteiger partial charge in [0.2, 0.25) is 15.9 Å². The lowest BCUT2D eigenvalue weighted by Crippen LogP contribution is -2.36. The fourth-order valence-electron chi connectivity index (χ4n) is 2.27. The van der Waals surface area contributed by atoms with Crippen LogP contribution in [0.3, 0.4) is 0 Å². The average molecular weight is 338 g/mol. The van der Waals surface area contributed by atoms with Crippen molar-refractivity contribution in [3.05, 3.63) is 42.5 Å². The number of amides is 1. The first kappa shape index (κ1) is 19.2. The van der Waals surface area contributed by atoms with E-state index in [1.54, 1.807) is 18.2 Å². The van der Waals surface area contributed by atoms with E-state index >= 15 is 0 Å². The molecule has 1 aromatic carbocycles. The highest BCUT2D eigenvalue weighted by molar-refractivity contribution is 7.92. The molecule has 0 heterocycles. The number of hydrogen-bond donors (Lipinski definition) is 1. The molecule has 23 heavy (non-hydrogen) atoms. The standard InChI is InChI=1S/C17H26N2O3S/c1-6-12-18-16(20)11-13-19(23(5,21)22)15-10-8-7-9-14(15)17(2,3)4/h6-10H,1,11-13H2,2-5H3,(H,18,20). The molecule has 0 fully saturated rings. The minimum absolute atomic E-state index is 0.0966. The van der Waals surface area contributed by atoms with Gasteiger partial charge in [-0.05, 0) is 17.0 Å². The van der Waals surface area contributed by atoms with Crippen LogP contribution in [0.2, 0.25) is 0 Å². The maximum absolute atomic E-state index is 12.2. The molecule has 0 aliphatic carbocycles. The molecule has 1 amide bonds. The summed E-state index contributed by atoms with van der Waals surface area (Å²) in [5, 5.41) is 2.66. The van der Waals surface area contributed by atoms with Crippen molar-refractivity contribution in [1.29, 1.82) is 0 Å². The Morgan fingerprint density at radius 2 is 1.91 bits per heavy atom. The fourth-order valence-corrected chi connectivity index (χ4v) is 3.21. The summed E-state index contributed by atoms with van der Waals surface area (Å²) in [5.74, 6) is -0.202. The maximum atomic E-state index is 12.2. The first-order valence-corrected chi connectivity index (χ1v) is 9.37. The van der Waals surface area contributed by atoms with Crippen molar-refractivity contribution in [2.45, 2.75) is 32.6 Å². The van der Waals surface area contributed by atoms with E-state index in [1.807, 2.05) is 32.9 Å². The van der Waals surface area contributed by atoms with Crippen LogP contribution < -0.4 is 9.62 Å². The number of rotatable bonds is 7. The van der Waals surface area contributed by atoms with E-state index < -0.39 is 10.0 Å². The number of sulfonamides is 1. The van der Waals surface area contributed by atoms with Crippen molar-refractivity contribution in [3.63, 3.8) is 0 Å². The van der Waals surface area contributed by atoms with Crippen LogP contribution in [0.25, 0.3) is 0 Å². The van der Waals surface area contributed by atoms with Gasteiger partial charge in [0.1, 0.15) is 0 Å². The van der Waals surface area contributed by atoms with E-state index in [0.29, 0.717) is 12.2 Å². The minimum Gasteiger partial charge on any atom is -0.353 e. The summed E-state index contributed by atoms with van der Waals surface area (Å²) in [5.41, 5.74) is 1.35. The number of carbonyl (C=O) groups excluding carboxylic acids is 1. The summed E-state index contributed by atoms with van der Waals surface area (Å²) in [7, 11) is -3.48. The van der Waals surface area contributed by atoms with E-state index in [-0.39, 0.29) is 24.3 Å². The van der Waals surface area contributed by atoms with Crippen LogP contribution in [0.5, 0.6) is 0 Å². The predicted octanol–water partition coefficient (Wildman–Crippen LogP) is 2.44. The Balaban J connectivity index is 3.11. The van der Waals surface area contributed by atoms with Gasteiger partial charge < -0.3 is 5.32 Å². The molecule has 128 valence electrons. The number of benzene rings is 1. The second-order valence-electron chi connectivity index (χ2n) is 6.45. The second kappa shape index (κ2) is 7.64. The Hall–Kier alpha value is -1.82. The van der Waals surface area contributed by atoms with Crippen molar-refractivity contribution >= 4 is 21.6 Å². The SMILES string of the molecule is C=CCNC(=O)CCN(c1ccccc1C(C)(C)C)S(C)(=O)=O. The zero-order valence-electron chi connectivity index (χ0n) is 14.3. The van der Waals surface area contributed by atoms with Crippen LogP contribution >= 0.6 is 0 Å². The van der Waals surface area contributed by atoms with Gasteiger partial charge in [0.15, 0.2) is 0 Å². The van der Waals surface area contributed by atoms with E-state index in [2.05, 4.69) is 11.9 Å². The van der Waals surface area contributed by atoms with Gasteiger partial charge in [-0.3, -0.25) is 9.10 Å². The molecule has 1 aromatic rings. The smallest absolute Gasteiger partial charge is 0.232 e. The molecular weight excluding hydrogens is 312 g/mol. The third-order valence-electron chi connectivity index (χ3n) is 3.37. The van der Waals surface area contributed by atoms with Crippen LogP contribution in [-0.2, 0) is 20.2 Å². The molecule has 0 atom stereocenters. The summed E-state index contributed by atoms with van der Waals surface area (Å²) in [4.78, 5) is 11.8. The fraction of sp³-hybridized carbons (Fsp3) is 0.471. The van der Waals surface area contributed by atoms with Crippen LogP contribution in [0.15, 0.2) is 36.9 Å². The number of nitrogens with zero attached hydrogens (tertiary/aromatic N) is 1. The molecule has 0 saturated carbocycles. The number of anilines is 1. The van der Waals surface area contributed by atoms with Crippen molar-refractivity contribution in [3.8, 4) is 0 Å². The molecule has 0 saturated heterocycles. The van der Waals surface area contributed by atoms with Gasteiger partial charge >= 0.3 is 0 Å². The van der Waals surface area contributed by atoms with Gasteiger partial charge in [-0.1, -0.05) is 45.0 Å². The Bertz CT molecular complexity index is 661. The zero-order valence-corrected chi connectivity index (χ0v) is 15.1. The topological polar surface area (TPSA) is 66.5 Å². The molecule has 0 aliphatic heterocycles. The van der Waals surface area contributed by atoms with Crippen molar-refractivity contribution < 1.29 is 13.2 Å². The summed E-state index contributed by atoms with van der Waals surface area (Å²) >= 11 is 0. The number of hydrogen-bond acceptors (Lipinski definition) is 3. The summed E-state index contributed by atoms with van der Waals surface area (Å²) in [6, 6.07) is 7.40. The highest BCUT2D eigenvalue weighted by Gasteiger charge is 2.25. The Labute approximate surface area is 139 Å². The molecule has 1 N–H and O–H groups in total. The van der Waals surface area contributed by atoms with E-state index in [0.717, 1.165) is 11.8 Å². The van der Waals surface area contributed by atoms with Gasteiger partial charge in [-0.15, -0.1) is 6.58 Å². The molecule has 6 heteroatoms. The Kier molecular flexibility index (Phi) is 6.38. The lowest BCUT2D eigenvalue weighted by atomic mass is 9.86. The maximum Gasteiger partial charge on any atom is 0.232 e. The average Bonchev–Trinajstić information content (AvgIpc) is 2.43.